The van der Waals surface area contributed by atoms with Crippen molar-refractivity contribution in [3.05, 3.63) is 47.7 Å². The monoisotopic (exact) mass is 463 g/mol. The molecule has 2 aromatic rings. The van der Waals surface area contributed by atoms with Crippen LogP contribution in [0.25, 0.3) is 0 Å². The maximum absolute atomic E-state index is 14.4. The van der Waals surface area contributed by atoms with Crippen molar-refractivity contribution in [2.24, 2.45) is 10.7 Å². The summed E-state index contributed by atoms with van der Waals surface area (Å²) in [5.74, 6) is -2.61. The van der Waals surface area contributed by atoms with Crippen LogP contribution in [0.3, 0.4) is 0 Å². The number of amidine groups is 1. The minimum absolute atomic E-state index is 0.0787. The van der Waals surface area contributed by atoms with Crippen molar-refractivity contribution in [3.63, 3.8) is 0 Å². The van der Waals surface area contributed by atoms with Gasteiger partial charge in [0.1, 0.15) is 24.0 Å². The van der Waals surface area contributed by atoms with Crippen molar-refractivity contribution in [2.45, 2.75) is 18.1 Å². The van der Waals surface area contributed by atoms with Gasteiger partial charge in [0, 0.05) is 11.3 Å². The Morgan fingerprint density at radius 3 is 2.62 bits per heavy atom. The summed E-state index contributed by atoms with van der Waals surface area (Å²) in [7, 11) is 0. The van der Waals surface area contributed by atoms with E-state index < -0.39 is 54.5 Å². The standard InChI is InChI=1S/C18H15F6N5O3/c19-11-2-1-9(3-10(11)17(16(20)21)7-31-6-13(25)29-17)28-15(30)12-4-27-14(5-26-12)32-8-18(22,23)24/h1-5,16H,6-8H2,(H2,25,29)(H,28,30)/t17-/m0/s1. The number of halogens is 6. The minimum Gasteiger partial charge on any atom is -0.467 e. The van der Waals surface area contributed by atoms with Gasteiger partial charge in [-0.15, -0.1) is 0 Å². The summed E-state index contributed by atoms with van der Waals surface area (Å²) in [4.78, 5) is 23.2. The first-order valence-corrected chi connectivity index (χ1v) is 8.83. The Kier molecular flexibility index (Phi) is 6.52. The lowest BCUT2D eigenvalue weighted by Crippen LogP contribution is -2.45. The number of anilines is 1. The molecule has 0 aliphatic carbocycles. The van der Waals surface area contributed by atoms with Crippen molar-refractivity contribution in [1.29, 1.82) is 0 Å². The molecule has 0 spiro atoms. The Hall–Kier alpha value is -3.42. The molecule has 8 nitrogen and oxygen atoms in total. The first-order valence-electron chi connectivity index (χ1n) is 8.83. The maximum atomic E-state index is 14.4. The highest BCUT2D eigenvalue weighted by Gasteiger charge is 2.46. The Bertz CT molecular complexity index is 1020. The molecular formula is C18H15F6N5O3. The molecule has 0 saturated carbocycles. The van der Waals surface area contributed by atoms with Crippen LogP contribution in [-0.2, 0) is 10.3 Å². The van der Waals surface area contributed by atoms with Crippen LogP contribution in [0.2, 0.25) is 0 Å². The second-order valence-electron chi connectivity index (χ2n) is 6.61. The molecule has 1 aliphatic rings. The molecule has 0 radical (unpaired) electrons. The van der Waals surface area contributed by atoms with Gasteiger partial charge in [-0.1, -0.05) is 0 Å². The summed E-state index contributed by atoms with van der Waals surface area (Å²) in [5.41, 5.74) is 2.16. The topological polar surface area (TPSA) is 112 Å². The zero-order chi connectivity index (χ0) is 23.5. The van der Waals surface area contributed by atoms with E-state index in [-0.39, 0.29) is 23.8 Å². The van der Waals surface area contributed by atoms with E-state index >= 15 is 0 Å². The van der Waals surface area contributed by atoms with Crippen molar-refractivity contribution in [3.8, 4) is 5.88 Å². The van der Waals surface area contributed by atoms with Crippen LogP contribution < -0.4 is 15.8 Å². The number of nitrogens with zero attached hydrogens (tertiary/aromatic N) is 3. The van der Waals surface area contributed by atoms with Gasteiger partial charge in [-0.2, -0.15) is 13.2 Å². The molecule has 172 valence electrons. The van der Waals surface area contributed by atoms with Gasteiger partial charge in [0.25, 0.3) is 12.3 Å². The van der Waals surface area contributed by atoms with Crippen LogP contribution in [0, 0.1) is 5.82 Å². The van der Waals surface area contributed by atoms with Gasteiger partial charge in [-0.05, 0) is 18.2 Å². The number of nitrogens with two attached hydrogens (primary N) is 1. The molecule has 0 saturated heterocycles. The van der Waals surface area contributed by atoms with Crippen LogP contribution in [0.1, 0.15) is 16.1 Å². The zero-order valence-corrected chi connectivity index (χ0v) is 16.0. The van der Waals surface area contributed by atoms with Crippen molar-refractivity contribution in [1.82, 2.24) is 9.97 Å². The number of nitrogens with one attached hydrogen (secondary N) is 1. The minimum atomic E-state index is -4.58. The summed E-state index contributed by atoms with van der Waals surface area (Å²) < 4.78 is 88.0. The molecule has 0 bridgehead atoms. The number of carbonyl (C=O) groups is 1. The van der Waals surface area contributed by atoms with E-state index in [1.807, 2.05) is 0 Å². The zero-order valence-electron chi connectivity index (χ0n) is 16.0. The third kappa shape index (κ3) is 5.25. The summed E-state index contributed by atoms with van der Waals surface area (Å²) in [6, 6.07) is 2.93. The van der Waals surface area contributed by atoms with E-state index in [1.54, 1.807) is 0 Å². The Labute approximate surface area is 176 Å². The predicted molar refractivity (Wildman–Crippen MR) is 98.1 cm³/mol. The van der Waals surface area contributed by atoms with E-state index in [2.05, 4.69) is 25.0 Å². The quantitative estimate of drug-likeness (QED) is 0.638. The number of carbonyl (C=O) groups excluding carboxylic acids is 1. The molecule has 2 heterocycles. The fourth-order valence-electron chi connectivity index (χ4n) is 2.79. The highest BCUT2D eigenvalue weighted by molar-refractivity contribution is 6.02. The number of amides is 1. The van der Waals surface area contributed by atoms with Crippen molar-refractivity contribution >= 4 is 17.4 Å². The summed E-state index contributed by atoms with van der Waals surface area (Å²) in [6.07, 6.45) is -6.09. The number of benzene rings is 1. The number of ether oxygens (including phenoxy) is 2. The van der Waals surface area contributed by atoms with Gasteiger partial charge in [-0.3, -0.25) is 9.79 Å². The van der Waals surface area contributed by atoms with E-state index in [1.165, 1.54) is 0 Å². The Balaban J connectivity index is 1.80. The molecule has 1 aromatic heterocycles. The number of hydrogen-bond donors (Lipinski definition) is 2. The number of aromatic nitrogens is 2. The van der Waals surface area contributed by atoms with Gasteiger partial charge >= 0.3 is 6.18 Å². The fourth-order valence-corrected chi connectivity index (χ4v) is 2.79. The largest absolute Gasteiger partial charge is 0.467 e. The normalized spacial score (nSPS) is 18.9. The molecule has 1 atom stereocenters. The van der Waals surface area contributed by atoms with Crippen LogP contribution >= 0.6 is 0 Å². The van der Waals surface area contributed by atoms with E-state index in [9.17, 15) is 31.1 Å². The molecule has 1 amide bonds. The second-order valence-corrected chi connectivity index (χ2v) is 6.61. The molecule has 3 rings (SSSR count). The third-order valence-corrected chi connectivity index (χ3v) is 4.21. The van der Waals surface area contributed by atoms with Crippen molar-refractivity contribution in [2.75, 3.05) is 25.1 Å². The average molecular weight is 463 g/mol. The maximum Gasteiger partial charge on any atom is 0.422 e. The molecule has 0 fully saturated rings. The van der Waals surface area contributed by atoms with Gasteiger partial charge < -0.3 is 20.5 Å². The smallest absolute Gasteiger partial charge is 0.422 e. The molecule has 3 N–H and O–H groups in total. The van der Waals surface area contributed by atoms with Gasteiger partial charge in [0.15, 0.2) is 12.1 Å². The third-order valence-electron chi connectivity index (χ3n) is 4.21. The second kappa shape index (κ2) is 8.98. The van der Waals surface area contributed by atoms with Crippen LogP contribution in [-0.4, -0.2) is 54.1 Å². The van der Waals surface area contributed by atoms with Crippen LogP contribution in [0.4, 0.5) is 32.0 Å². The molecule has 1 aliphatic heterocycles. The summed E-state index contributed by atoms with van der Waals surface area (Å²) in [6.45, 7) is -2.41. The Morgan fingerprint density at radius 2 is 2.03 bits per heavy atom. The van der Waals surface area contributed by atoms with Crippen LogP contribution in [0.5, 0.6) is 5.88 Å². The molecule has 1 aromatic carbocycles. The predicted octanol–water partition coefficient (Wildman–Crippen LogP) is 2.66. The number of aliphatic imine (C=N–C) groups is 1. The van der Waals surface area contributed by atoms with Crippen LogP contribution in [0.15, 0.2) is 35.6 Å². The summed E-state index contributed by atoms with van der Waals surface area (Å²) in [5, 5.41) is 2.31. The van der Waals surface area contributed by atoms with E-state index in [4.69, 9.17) is 10.5 Å². The molecular weight excluding hydrogens is 448 g/mol. The molecule has 32 heavy (non-hydrogen) atoms. The highest BCUT2D eigenvalue weighted by Crippen LogP contribution is 2.38. The van der Waals surface area contributed by atoms with Gasteiger partial charge in [0.2, 0.25) is 5.88 Å². The fraction of sp³-hybridized carbons (Fsp3) is 0.333. The number of alkyl halides is 5. The lowest BCUT2D eigenvalue weighted by atomic mass is 9.90. The van der Waals surface area contributed by atoms with E-state index in [0.29, 0.717) is 0 Å². The lowest BCUT2D eigenvalue weighted by Gasteiger charge is -2.33. The first kappa shape index (κ1) is 23.2. The highest BCUT2D eigenvalue weighted by atomic mass is 19.4. The molecule has 0 unspecified atom stereocenters. The van der Waals surface area contributed by atoms with Crippen molar-refractivity contribution < 1.29 is 40.6 Å². The van der Waals surface area contributed by atoms with Gasteiger partial charge in [0.05, 0.1) is 19.0 Å². The average Bonchev–Trinajstić information content (AvgIpc) is 2.73. The van der Waals surface area contributed by atoms with E-state index in [0.717, 1.165) is 30.6 Å². The SMILES string of the molecule is NC1=N[C@@](c2cc(NC(=O)c3cnc(OCC(F)(F)F)cn3)ccc2F)(C(F)F)COC1. The summed E-state index contributed by atoms with van der Waals surface area (Å²) >= 11 is 0. The Morgan fingerprint density at radius 1 is 1.28 bits per heavy atom. The number of rotatable bonds is 6. The number of hydrogen-bond acceptors (Lipinski definition) is 7. The first-order chi connectivity index (χ1) is 15.0. The molecule has 14 heteroatoms. The lowest BCUT2D eigenvalue weighted by molar-refractivity contribution is -0.154. The van der Waals surface area contributed by atoms with Gasteiger partial charge in [-0.25, -0.2) is 23.1 Å².